The number of hydrazine groups is 1. The average Bonchev–Trinajstić information content (AvgIpc) is 2.42. The molecule has 4 N–H and O–H groups in total. The predicted octanol–water partition coefficient (Wildman–Crippen LogP) is 3.08. The smallest absolute Gasteiger partial charge is 0.148 e. The van der Waals surface area contributed by atoms with Gasteiger partial charge in [0.2, 0.25) is 0 Å². The molecule has 2 rings (SSSR count). The van der Waals surface area contributed by atoms with Crippen LogP contribution in [-0.2, 0) is 0 Å². The molecule has 0 spiro atoms. The third-order valence-corrected chi connectivity index (χ3v) is 3.03. The van der Waals surface area contributed by atoms with Crippen molar-refractivity contribution in [3.63, 3.8) is 0 Å². The summed E-state index contributed by atoms with van der Waals surface area (Å²) in [6, 6.07) is 4.97. The second kappa shape index (κ2) is 5.83. The molecule has 0 atom stereocenters. The molecule has 20 heavy (non-hydrogen) atoms. The van der Waals surface area contributed by atoms with Crippen LogP contribution in [0, 0.1) is 12.7 Å². The fourth-order valence-corrected chi connectivity index (χ4v) is 1.96. The van der Waals surface area contributed by atoms with Gasteiger partial charge in [0.1, 0.15) is 23.8 Å². The zero-order chi connectivity index (χ0) is 14.7. The van der Waals surface area contributed by atoms with E-state index in [9.17, 15) is 4.39 Å². The highest BCUT2D eigenvalue weighted by atomic mass is 19.1. The Bertz CT molecular complexity index is 613. The normalized spacial score (nSPS) is 10.7. The van der Waals surface area contributed by atoms with Crippen molar-refractivity contribution in [3.05, 3.63) is 41.5 Å². The summed E-state index contributed by atoms with van der Waals surface area (Å²) < 4.78 is 13.6. The van der Waals surface area contributed by atoms with Crippen LogP contribution < -0.4 is 16.6 Å². The number of benzene rings is 1. The van der Waals surface area contributed by atoms with E-state index >= 15 is 0 Å². The first kappa shape index (κ1) is 14.2. The molecule has 0 radical (unpaired) electrons. The Hall–Kier alpha value is -2.21. The van der Waals surface area contributed by atoms with Crippen LogP contribution in [0.4, 0.5) is 21.7 Å². The topological polar surface area (TPSA) is 75.9 Å². The molecule has 1 aromatic heterocycles. The fourth-order valence-electron chi connectivity index (χ4n) is 1.96. The second-order valence-electron chi connectivity index (χ2n) is 4.87. The van der Waals surface area contributed by atoms with Crippen molar-refractivity contribution in [1.82, 2.24) is 9.97 Å². The van der Waals surface area contributed by atoms with E-state index in [0.717, 1.165) is 5.56 Å². The zero-order valence-corrected chi connectivity index (χ0v) is 11.7. The van der Waals surface area contributed by atoms with Crippen molar-refractivity contribution < 1.29 is 4.39 Å². The van der Waals surface area contributed by atoms with E-state index in [2.05, 4.69) is 20.7 Å². The largest absolute Gasteiger partial charge is 0.340 e. The van der Waals surface area contributed by atoms with Crippen molar-refractivity contribution in [2.24, 2.45) is 5.84 Å². The van der Waals surface area contributed by atoms with Gasteiger partial charge in [0, 0.05) is 11.3 Å². The van der Waals surface area contributed by atoms with Crippen LogP contribution in [-0.4, -0.2) is 9.97 Å². The second-order valence-corrected chi connectivity index (χ2v) is 4.87. The first-order chi connectivity index (χ1) is 9.52. The van der Waals surface area contributed by atoms with Gasteiger partial charge in [-0.3, -0.25) is 0 Å². The van der Waals surface area contributed by atoms with Crippen molar-refractivity contribution >= 4 is 17.3 Å². The van der Waals surface area contributed by atoms with Crippen LogP contribution in [0.5, 0.6) is 0 Å². The number of nitrogen functional groups attached to an aromatic ring is 1. The predicted molar refractivity (Wildman–Crippen MR) is 78.4 cm³/mol. The molecule has 5 nitrogen and oxygen atoms in total. The van der Waals surface area contributed by atoms with Crippen LogP contribution in [0.1, 0.15) is 30.9 Å². The minimum atomic E-state index is -0.257. The van der Waals surface area contributed by atoms with Crippen LogP contribution in [0.2, 0.25) is 0 Å². The van der Waals surface area contributed by atoms with Gasteiger partial charge in [0.15, 0.2) is 0 Å². The first-order valence-electron chi connectivity index (χ1n) is 6.37. The van der Waals surface area contributed by atoms with Gasteiger partial charge >= 0.3 is 0 Å². The lowest BCUT2D eigenvalue weighted by molar-refractivity contribution is 0.619. The average molecular weight is 275 g/mol. The number of hydrogen-bond acceptors (Lipinski definition) is 5. The molecule has 6 heteroatoms. The Morgan fingerprint density at radius 1 is 1.20 bits per heavy atom. The molecular weight excluding hydrogens is 257 g/mol. The fraction of sp³-hybridized carbons (Fsp3) is 0.286. The monoisotopic (exact) mass is 275 g/mol. The molecule has 0 saturated heterocycles. The number of aromatic nitrogens is 2. The summed E-state index contributed by atoms with van der Waals surface area (Å²) in [5, 5.41) is 3.11. The highest BCUT2D eigenvalue weighted by Crippen LogP contribution is 2.30. The number of nitrogens with one attached hydrogen (secondary N) is 2. The molecule has 0 aliphatic rings. The van der Waals surface area contributed by atoms with Gasteiger partial charge in [-0.15, -0.1) is 0 Å². The minimum Gasteiger partial charge on any atom is -0.340 e. The number of hydrogen-bond donors (Lipinski definition) is 3. The number of aryl methyl sites for hydroxylation is 1. The molecule has 1 heterocycles. The third-order valence-electron chi connectivity index (χ3n) is 3.03. The Kier molecular flexibility index (Phi) is 4.14. The van der Waals surface area contributed by atoms with Gasteiger partial charge in [0.05, 0.1) is 0 Å². The zero-order valence-electron chi connectivity index (χ0n) is 11.7. The van der Waals surface area contributed by atoms with Crippen LogP contribution >= 0.6 is 0 Å². The molecule has 1 aromatic carbocycles. The van der Waals surface area contributed by atoms with Gasteiger partial charge in [-0.05, 0) is 30.5 Å². The van der Waals surface area contributed by atoms with Gasteiger partial charge in [0.25, 0.3) is 0 Å². The van der Waals surface area contributed by atoms with E-state index in [-0.39, 0.29) is 11.7 Å². The number of halogens is 1. The van der Waals surface area contributed by atoms with Crippen molar-refractivity contribution in [3.8, 4) is 0 Å². The summed E-state index contributed by atoms with van der Waals surface area (Å²) in [5.41, 5.74) is 4.65. The Balaban J connectivity index is 2.40. The lowest BCUT2D eigenvalue weighted by Crippen LogP contribution is -2.14. The maximum Gasteiger partial charge on any atom is 0.148 e. The molecule has 0 amide bonds. The van der Waals surface area contributed by atoms with Crippen molar-refractivity contribution in [2.75, 3.05) is 10.7 Å². The summed E-state index contributed by atoms with van der Waals surface area (Å²) in [5.74, 6) is 6.55. The molecule has 0 saturated carbocycles. The molecule has 0 unspecified atom stereocenters. The van der Waals surface area contributed by atoms with Gasteiger partial charge in [-0.2, -0.15) is 0 Å². The van der Waals surface area contributed by atoms with Crippen LogP contribution in [0.3, 0.4) is 0 Å². The lowest BCUT2D eigenvalue weighted by atomic mass is 10.0. The molecule has 2 aromatic rings. The Labute approximate surface area is 117 Å². The maximum absolute atomic E-state index is 13.6. The highest BCUT2D eigenvalue weighted by Gasteiger charge is 2.14. The summed E-state index contributed by atoms with van der Waals surface area (Å²) >= 11 is 0. The Morgan fingerprint density at radius 2 is 1.90 bits per heavy atom. The molecule has 106 valence electrons. The van der Waals surface area contributed by atoms with Crippen molar-refractivity contribution in [2.45, 2.75) is 26.7 Å². The van der Waals surface area contributed by atoms with Crippen LogP contribution in [0.15, 0.2) is 24.5 Å². The number of nitrogens with zero attached hydrogens (tertiary/aromatic N) is 2. The summed E-state index contributed by atoms with van der Waals surface area (Å²) in [6.45, 7) is 5.75. The molecule has 0 aliphatic heterocycles. The SMILES string of the molecule is Cc1ccc(Nc2ncnc(NN)c2C(C)C)cc1F. The van der Waals surface area contributed by atoms with Gasteiger partial charge in [-0.1, -0.05) is 19.9 Å². The Morgan fingerprint density at radius 3 is 2.50 bits per heavy atom. The van der Waals surface area contributed by atoms with E-state index in [1.165, 1.54) is 12.4 Å². The maximum atomic E-state index is 13.6. The van der Waals surface area contributed by atoms with Crippen LogP contribution in [0.25, 0.3) is 0 Å². The lowest BCUT2D eigenvalue weighted by Gasteiger charge is -2.16. The number of rotatable bonds is 4. The summed E-state index contributed by atoms with van der Waals surface area (Å²) in [4.78, 5) is 8.31. The minimum absolute atomic E-state index is 0.167. The van der Waals surface area contributed by atoms with E-state index < -0.39 is 0 Å². The first-order valence-corrected chi connectivity index (χ1v) is 6.37. The highest BCUT2D eigenvalue weighted by molar-refractivity contribution is 5.65. The van der Waals surface area contributed by atoms with E-state index in [1.54, 1.807) is 19.1 Å². The summed E-state index contributed by atoms with van der Waals surface area (Å²) in [6.07, 6.45) is 1.41. The molecule has 0 fully saturated rings. The third kappa shape index (κ3) is 2.85. The van der Waals surface area contributed by atoms with E-state index in [0.29, 0.717) is 22.9 Å². The molecule has 0 aliphatic carbocycles. The summed E-state index contributed by atoms with van der Waals surface area (Å²) in [7, 11) is 0. The number of nitrogens with two attached hydrogens (primary N) is 1. The standard InChI is InChI=1S/C14H18FN5/c1-8(2)12-13(17-7-18-14(12)20-16)19-10-5-4-9(3)11(15)6-10/h4-8H,16H2,1-3H3,(H2,17,18,19,20). The van der Waals surface area contributed by atoms with E-state index in [4.69, 9.17) is 5.84 Å². The molecule has 0 bridgehead atoms. The molecular formula is C14H18FN5. The quantitative estimate of drug-likeness (QED) is 0.590. The van der Waals surface area contributed by atoms with Gasteiger partial charge in [-0.25, -0.2) is 20.2 Å². The van der Waals surface area contributed by atoms with Crippen molar-refractivity contribution in [1.29, 1.82) is 0 Å². The van der Waals surface area contributed by atoms with E-state index in [1.807, 2.05) is 13.8 Å². The number of anilines is 3. The van der Waals surface area contributed by atoms with Gasteiger partial charge < -0.3 is 10.7 Å².